The van der Waals surface area contributed by atoms with Crippen LogP contribution in [0.4, 0.5) is 0 Å². The van der Waals surface area contributed by atoms with E-state index in [1.807, 2.05) is 0 Å². The van der Waals surface area contributed by atoms with Gasteiger partial charge in [-0.1, -0.05) is 62.3 Å². The highest BCUT2D eigenvalue weighted by atomic mass is 127. The molecule has 1 atom stereocenters. The van der Waals surface area contributed by atoms with Crippen molar-refractivity contribution in [2.24, 2.45) is 10.8 Å². The second-order valence-electron chi connectivity index (χ2n) is 5.84. The van der Waals surface area contributed by atoms with Crippen molar-refractivity contribution in [2.45, 2.75) is 60.8 Å². The second kappa shape index (κ2) is 6.95. The Morgan fingerprint density at radius 1 is 1.12 bits per heavy atom. The van der Waals surface area contributed by atoms with Crippen molar-refractivity contribution in [1.29, 1.82) is 0 Å². The fraction of sp³-hybridized carbons (Fsp3) is 0.857. The SMILES string of the molecule is CC[C@@](C)(CCC(I)=C(C)C)C(C)(C)CI. The molecule has 0 radical (unpaired) electrons. The van der Waals surface area contributed by atoms with E-state index in [9.17, 15) is 0 Å². The Hall–Kier alpha value is 1.20. The molecule has 0 aliphatic heterocycles. The molecule has 0 unspecified atom stereocenters. The number of alkyl halides is 1. The van der Waals surface area contributed by atoms with Gasteiger partial charge < -0.3 is 0 Å². The molecule has 0 nitrogen and oxygen atoms in total. The summed E-state index contributed by atoms with van der Waals surface area (Å²) in [6.45, 7) is 14.1. The van der Waals surface area contributed by atoms with Gasteiger partial charge in [-0.3, -0.25) is 0 Å². The largest absolute Gasteiger partial charge is 0.0858 e. The molecule has 0 saturated heterocycles. The van der Waals surface area contributed by atoms with Gasteiger partial charge in [-0.25, -0.2) is 0 Å². The van der Waals surface area contributed by atoms with Crippen LogP contribution in [0.25, 0.3) is 0 Å². The van der Waals surface area contributed by atoms with Crippen LogP contribution in [-0.4, -0.2) is 4.43 Å². The first-order valence-electron chi connectivity index (χ1n) is 6.08. The monoisotopic (exact) mass is 448 g/mol. The van der Waals surface area contributed by atoms with Crippen molar-refractivity contribution in [2.75, 3.05) is 4.43 Å². The molecule has 2 heteroatoms. The number of allylic oxidation sites excluding steroid dienone is 2. The predicted molar refractivity (Wildman–Crippen MR) is 92.7 cm³/mol. The van der Waals surface area contributed by atoms with E-state index in [0.29, 0.717) is 10.8 Å². The van der Waals surface area contributed by atoms with E-state index in [0.717, 1.165) is 0 Å². The van der Waals surface area contributed by atoms with E-state index in [1.165, 1.54) is 29.3 Å². The molecule has 16 heavy (non-hydrogen) atoms. The molecule has 0 aromatic rings. The van der Waals surface area contributed by atoms with Crippen molar-refractivity contribution in [3.63, 3.8) is 0 Å². The first kappa shape index (κ1) is 17.2. The number of halogens is 2. The molecule has 0 amide bonds. The summed E-state index contributed by atoms with van der Waals surface area (Å²) < 4.78 is 2.78. The Balaban J connectivity index is 4.70. The highest BCUT2D eigenvalue weighted by Crippen LogP contribution is 2.47. The fourth-order valence-electron chi connectivity index (χ4n) is 1.79. The van der Waals surface area contributed by atoms with Crippen molar-refractivity contribution >= 4 is 45.2 Å². The highest BCUT2D eigenvalue weighted by Gasteiger charge is 2.38. The van der Waals surface area contributed by atoms with Gasteiger partial charge in [0.25, 0.3) is 0 Å². The minimum absolute atomic E-state index is 0.431. The molecule has 0 saturated carbocycles. The van der Waals surface area contributed by atoms with Crippen LogP contribution >= 0.6 is 45.2 Å². The molecule has 96 valence electrons. The van der Waals surface area contributed by atoms with Crippen LogP contribution < -0.4 is 0 Å². The summed E-state index contributed by atoms with van der Waals surface area (Å²) in [6.07, 6.45) is 3.83. The number of rotatable bonds is 6. The summed E-state index contributed by atoms with van der Waals surface area (Å²) in [7, 11) is 0. The Morgan fingerprint density at radius 3 is 1.94 bits per heavy atom. The van der Waals surface area contributed by atoms with Gasteiger partial charge in [-0.2, -0.15) is 0 Å². The second-order valence-corrected chi connectivity index (χ2v) is 7.90. The summed E-state index contributed by atoms with van der Waals surface area (Å²) in [4.78, 5) is 0. The van der Waals surface area contributed by atoms with E-state index in [2.05, 4.69) is 86.7 Å². The Bertz CT molecular complexity index is 249. The maximum atomic E-state index is 2.54. The molecule has 0 N–H and O–H groups in total. The first-order valence-corrected chi connectivity index (χ1v) is 8.68. The van der Waals surface area contributed by atoms with Gasteiger partial charge in [0.1, 0.15) is 0 Å². The molecule has 0 spiro atoms. The van der Waals surface area contributed by atoms with Crippen LogP contribution in [0, 0.1) is 10.8 Å². The van der Waals surface area contributed by atoms with Crippen LogP contribution in [0.1, 0.15) is 60.8 Å². The minimum atomic E-state index is 0.431. The molecular formula is C14H26I2. The van der Waals surface area contributed by atoms with Gasteiger partial charge in [0.05, 0.1) is 0 Å². The van der Waals surface area contributed by atoms with Crippen LogP contribution in [-0.2, 0) is 0 Å². The zero-order chi connectivity index (χ0) is 13.0. The molecule has 0 fully saturated rings. The Kier molecular flexibility index (Phi) is 7.48. The average molecular weight is 448 g/mol. The van der Waals surface area contributed by atoms with Gasteiger partial charge in [0, 0.05) is 4.43 Å². The van der Waals surface area contributed by atoms with Crippen LogP contribution in [0.15, 0.2) is 9.15 Å². The maximum absolute atomic E-state index is 2.54. The number of hydrogen-bond acceptors (Lipinski definition) is 0. The molecule has 0 bridgehead atoms. The summed E-state index contributed by atoms with van der Waals surface area (Å²) in [5.41, 5.74) is 2.37. The lowest BCUT2D eigenvalue weighted by Crippen LogP contribution is -2.36. The fourth-order valence-corrected chi connectivity index (χ4v) is 2.98. The van der Waals surface area contributed by atoms with Crippen LogP contribution in [0.5, 0.6) is 0 Å². The van der Waals surface area contributed by atoms with Crippen molar-refractivity contribution in [3.8, 4) is 0 Å². The molecule has 0 aliphatic rings. The zero-order valence-electron chi connectivity index (χ0n) is 11.6. The molecule has 0 heterocycles. The molecule has 0 aromatic carbocycles. The van der Waals surface area contributed by atoms with Gasteiger partial charge in [0.2, 0.25) is 0 Å². The van der Waals surface area contributed by atoms with E-state index < -0.39 is 0 Å². The first-order chi connectivity index (χ1) is 7.20. The Labute approximate surface area is 129 Å². The van der Waals surface area contributed by atoms with Gasteiger partial charge in [-0.15, -0.1) is 0 Å². The lowest BCUT2D eigenvalue weighted by molar-refractivity contribution is 0.0999. The van der Waals surface area contributed by atoms with Crippen LogP contribution in [0.3, 0.4) is 0 Å². The zero-order valence-corrected chi connectivity index (χ0v) is 15.9. The number of hydrogen-bond donors (Lipinski definition) is 0. The van der Waals surface area contributed by atoms with Crippen molar-refractivity contribution in [3.05, 3.63) is 9.15 Å². The van der Waals surface area contributed by atoms with E-state index in [-0.39, 0.29) is 0 Å². The third-order valence-corrected chi connectivity index (χ3v) is 7.71. The van der Waals surface area contributed by atoms with E-state index >= 15 is 0 Å². The average Bonchev–Trinajstić information content (AvgIpc) is 2.24. The van der Waals surface area contributed by atoms with Gasteiger partial charge in [0.15, 0.2) is 0 Å². The van der Waals surface area contributed by atoms with Gasteiger partial charge in [-0.05, 0) is 63.7 Å². The van der Waals surface area contributed by atoms with E-state index in [4.69, 9.17) is 0 Å². The third-order valence-electron chi connectivity index (χ3n) is 4.19. The summed E-state index contributed by atoms with van der Waals surface area (Å²) in [5, 5.41) is 0. The van der Waals surface area contributed by atoms with Crippen molar-refractivity contribution < 1.29 is 0 Å². The standard InChI is InChI=1S/C14H26I2/c1-7-14(6,13(4,5)10-15)9-8-12(16)11(2)3/h7-10H2,1-6H3/t14-/m0/s1. The van der Waals surface area contributed by atoms with Gasteiger partial charge >= 0.3 is 0 Å². The summed E-state index contributed by atoms with van der Waals surface area (Å²) >= 11 is 5.04. The van der Waals surface area contributed by atoms with E-state index in [1.54, 1.807) is 3.58 Å². The smallest absolute Gasteiger partial charge is 0.00519 e. The molecule has 0 aliphatic carbocycles. The molecule has 0 aromatic heterocycles. The van der Waals surface area contributed by atoms with Crippen LogP contribution in [0.2, 0.25) is 0 Å². The topological polar surface area (TPSA) is 0 Å². The quantitative estimate of drug-likeness (QED) is 0.327. The third kappa shape index (κ3) is 4.46. The minimum Gasteiger partial charge on any atom is -0.0858 e. The summed E-state index contributed by atoms with van der Waals surface area (Å²) in [5.74, 6) is 0. The lowest BCUT2D eigenvalue weighted by atomic mass is 9.64. The Morgan fingerprint density at radius 2 is 1.62 bits per heavy atom. The molecular weight excluding hydrogens is 422 g/mol. The summed E-state index contributed by atoms with van der Waals surface area (Å²) in [6, 6.07) is 0. The van der Waals surface area contributed by atoms with Crippen molar-refractivity contribution in [1.82, 2.24) is 0 Å². The molecule has 0 rings (SSSR count). The lowest BCUT2D eigenvalue weighted by Gasteiger charge is -2.43. The normalized spacial score (nSPS) is 15.8. The predicted octanol–water partition coefficient (Wildman–Crippen LogP) is 6.37. The highest BCUT2D eigenvalue weighted by molar-refractivity contribution is 14.1. The maximum Gasteiger partial charge on any atom is 0.00519 e.